The van der Waals surface area contributed by atoms with Gasteiger partial charge in [-0.15, -0.1) is 0 Å². The Labute approximate surface area is 167 Å². The van der Waals surface area contributed by atoms with Crippen molar-refractivity contribution >= 4 is 11.8 Å². The SMILES string of the molecule is CC(=O)OCC(=O)[C@]1(O)CC[C@@H]2[C@H]3CC=C4C[C@H](O)CC[C@]4(C)[C@@H]3CC[C@]21C. The Morgan fingerprint density at radius 2 is 1.86 bits per heavy atom. The minimum atomic E-state index is -1.40. The van der Waals surface area contributed by atoms with Crippen molar-refractivity contribution < 1.29 is 24.5 Å². The molecule has 4 aliphatic carbocycles. The van der Waals surface area contributed by atoms with E-state index in [4.69, 9.17) is 4.74 Å². The molecule has 3 fully saturated rings. The van der Waals surface area contributed by atoms with E-state index < -0.39 is 17.0 Å². The molecule has 0 unspecified atom stereocenters. The van der Waals surface area contributed by atoms with Crippen LogP contribution in [0.1, 0.15) is 72.1 Å². The van der Waals surface area contributed by atoms with Gasteiger partial charge in [-0.05, 0) is 74.5 Å². The van der Waals surface area contributed by atoms with Crippen molar-refractivity contribution in [2.75, 3.05) is 6.61 Å². The lowest BCUT2D eigenvalue weighted by Crippen LogP contribution is -2.58. The van der Waals surface area contributed by atoms with Crippen molar-refractivity contribution in [2.24, 2.45) is 28.6 Å². The van der Waals surface area contributed by atoms with Crippen molar-refractivity contribution in [2.45, 2.75) is 83.8 Å². The molecular formula is C23H34O5. The second-order valence-electron chi connectivity index (χ2n) is 10.2. The molecule has 7 atom stereocenters. The van der Waals surface area contributed by atoms with Crippen LogP contribution in [0.2, 0.25) is 0 Å². The summed E-state index contributed by atoms with van der Waals surface area (Å²) in [5.41, 5.74) is -0.283. The number of ketones is 1. The molecule has 0 aromatic carbocycles. The third-order valence-electron chi connectivity index (χ3n) is 9.10. The first-order chi connectivity index (χ1) is 13.1. The zero-order valence-corrected chi connectivity index (χ0v) is 17.4. The second kappa shape index (κ2) is 6.66. The Morgan fingerprint density at radius 1 is 1.14 bits per heavy atom. The molecule has 0 aromatic heterocycles. The number of esters is 1. The predicted octanol–water partition coefficient (Wildman–Crippen LogP) is 3.17. The van der Waals surface area contributed by atoms with Gasteiger partial charge >= 0.3 is 5.97 Å². The zero-order chi connectivity index (χ0) is 20.3. The van der Waals surface area contributed by atoms with Crippen LogP contribution in [0.4, 0.5) is 0 Å². The fraction of sp³-hybridized carbons (Fsp3) is 0.826. The first-order valence-electron chi connectivity index (χ1n) is 10.9. The van der Waals surface area contributed by atoms with Crippen LogP contribution in [0, 0.1) is 28.6 Å². The summed E-state index contributed by atoms with van der Waals surface area (Å²) < 4.78 is 4.93. The van der Waals surface area contributed by atoms with E-state index >= 15 is 0 Å². The fourth-order valence-electron chi connectivity index (χ4n) is 7.40. The van der Waals surface area contributed by atoms with Gasteiger partial charge in [0.15, 0.2) is 6.61 Å². The summed E-state index contributed by atoms with van der Waals surface area (Å²) >= 11 is 0. The van der Waals surface area contributed by atoms with Gasteiger partial charge in [-0.25, -0.2) is 0 Å². The molecule has 0 bridgehead atoms. The van der Waals surface area contributed by atoms with Gasteiger partial charge in [0.25, 0.3) is 0 Å². The number of aliphatic hydroxyl groups is 2. The quantitative estimate of drug-likeness (QED) is 0.571. The molecule has 0 aromatic rings. The maximum Gasteiger partial charge on any atom is 0.303 e. The Morgan fingerprint density at radius 3 is 2.57 bits per heavy atom. The smallest absolute Gasteiger partial charge is 0.303 e. The summed E-state index contributed by atoms with van der Waals surface area (Å²) in [6.45, 7) is 5.41. The van der Waals surface area contributed by atoms with E-state index in [0.29, 0.717) is 24.2 Å². The maximum atomic E-state index is 12.9. The van der Waals surface area contributed by atoms with Gasteiger partial charge in [-0.3, -0.25) is 9.59 Å². The monoisotopic (exact) mass is 390 g/mol. The highest BCUT2D eigenvalue weighted by atomic mass is 16.5. The predicted molar refractivity (Wildman–Crippen MR) is 104 cm³/mol. The number of fused-ring (bicyclic) bond motifs is 5. The number of carbonyl (C=O) groups excluding carboxylic acids is 2. The summed E-state index contributed by atoms with van der Waals surface area (Å²) in [7, 11) is 0. The van der Waals surface area contributed by atoms with E-state index in [0.717, 1.165) is 44.9 Å². The van der Waals surface area contributed by atoms with Gasteiger partial charge in [0.05, 0.1) is 6.10 Å². The Kier molecular flexibility index (Phi) is 4.78. The van der Waals surface area contributed by atoms with Crippen LogP contribution < -0.4 is 0 Å². The molecule has 2 N–H and O–H groups in total. The Hall–Kier alpha value is -1.20. The van der Waals surface area contributed by atoms with Gasteiger partial charge < -0.3 is 14.9 Å². The van der Waals surface area contributed by atoms with Crippen LogP contribution in [0.5, 0.6) is 0 Å². The number of hydrogen-bond donors (Lipinski definition) is 2. The van der Waals surface area contributed by atoms with Crippen molar-refractivity contribution in [3.8, 4) is 0 Å². The first-order valence-corrected chi connectivity index (χ1v) is 10.9. The molecule has 0 saturated heterocycles. The molecule has 28 heavy (non-hydrogen) atoms. The van der Waals surface area contributed by atoms with E-state index in [1.54, 1.807) is 0 Å². The molecule has 0 aliphatic heterocycles. The molecule has 0 radical (unpaired) electrons. The summed E-state index contributed by atoms with van der Waals surface area (Å²) in [5, 5.41) is 21.6. The Bertz CT molecular complexity index is 714. The van der Waals surface area contributed by atoms with Crippen LogP contribution in [-0.2, 0) is 14.3 Å². The van der Waals surface area contributed by atoms with E-state index in [-0.39, 0.29) is 23.9 Å². The van der Waals surface area contributed by atoms with Crippen LogP contribution in [0.25, 0.3) is 0 Å². The highest BCUT2D eigenvalue weighted by molar-refractivity contribution is 5.90. The number of rotatable bonds is 3. The zero-order valence-electron chi connectivity index (χ0n) is 17.4. The highest BCUT2D eigenvalue weighted by Crippen LogP contribution is 2.67. The van der Waals surface area contributed by atoms with Crippen LogP contribution in [0.15, 0.2) is 11.6 Å². The van der Waals surface area contributed by atoms with Gasteiger partial charge in [-0.2, -0.15) is 0 Å². The lowest BCUT2D eigenvalue weighted by Gasteiger charge is -2.58. The summed E-state index contributed by atoms with van der Waals surface area (Å²) in [6.07, 6.45) is 8.96. The molecular weight excluding hydrogens is 356 g/mol. The molecule has 156 valence electrons. The van der Waals surface area contributed by atoms with Crippen LogP contribution >= 0.6 is 0 Å². The lowest BCUT2D eigenvalue weighted by molar-refractivity contribution is -0.168. The highest BCUT2D eigenvalue weighted by Gasteiger charge is 2.66. The number of ether oxygens (including phenoxy) is 1. The van der Waals surface area contributed by atoms with Crippen molar-refractivity contribution in [1.82, 2.24) is 0 Å². The normalized spacial score (nSPS) is 47.4. The summed E-state index contributed by atoms with van der Waals surface area (Å²) in [4.78, 5) is 24.0. The molecule has 0 heterocycles. The molecule has 4 rings (SSSR count). The third kappa shape index (κ3) is 2.72. The van der Waals surface area contributed by atoms with Crippen molar-refractivity contribution in [1.29, 1.82) is 0 Å². The molecule has 0 amide bonds. The average molecular weight is 391 g/mol. The molecule has 0 spiro atoms. The van der Waals surface area contributed by atoms with E-state index in [1.165, 1.54) is 12.5 Å². The third-order valence-corrected chi connectivity index (χ3v) is 9.10. The molecule has 3 saturated carbocycles. The molecule has 5 nitrogen and oxygen atoms in total. The van der Waals surface area contributed by atoms with Gasteiger partial charge in [0.1, 0.15) is 5.60 Å². The first kappa shape index (κ1) is 20.1. The van der Waals surface area contributed by atoms with Crippen LogP contribution in [0.3, 0.4) is 0 Å². The number of hydrogen-bond acceptors (Lipinski definition) is 5. The summed E-state index contributed by atoms with van der Waals surface area (Å²) in [5.74, 6) is 0.504. The lowest BCUT2D eigenvalue weighted by atomic mass is 9.46. The standard InChI is InChI=1S/C23H34O5/c1-14(24)28-13-20(26)23(27)11-8-19-17-5-4-15-12-16(25)6-9-21(15,2)18(17)7-10-22(19,23)3/h4,16-19,25,27H,5-13H2,1-3H3/t16-,17+,18-,19-,21+,22-,23-/m1/s1. The molecule has 4 aliphatic rings. The van der Waals surface area contributed by atoms with Crippen molar-refractivity contribution in [3.63, 3.8) is 0 Å². The van der Waals surface area contributed by atoms with Gasteiger partial charge in [0, 0.05) is 12.3 Å². The van der Waals surface area contributed by atoms with Crippen LogP contribution in [-0.4, -0.2) is 40.3 Å². The van der Waals surface area contributed by atoms with Gasteiger partial charge in [-0.1, -0.05) is 25.5 Å². The van der Waals surface area contributed by atoms with E-state index in [9.17, 15) is 19.8 Å². The van der Waals surface area contributed by atoms with Crippen molar-refractivity contribution in [3.05, 3.63) is 11.6 Å². The number of carbonyl (C=O) groups is 2. The number of aliphatic hydroxyl groups excluding tert-OH is 1. The summed E-state index contributed by atoms with van der Waals surface area (Å²) in [6, 6.07) is 0. The van der Waals surface area contributed by atoms with E-state index in [1.807, 2.05) is 0 Å². The fourth-order valence-corrected chi connectivity index (χ4v) is 7.40. The Balaban J connectivity index is 1.60. The largest absolute Gasteiger partial charge is 0.458 e. The minimum absolute atomic E-state index is 0.145. The maximum absolute atomic E-state index is 12.9. The molecule has 5 heteroatoms. The minimum Gasteiger partial charge on any atom is -0.458 e. The van der Waals surface area contributed by atoms with Gasteiger partial charge in [0.2, 0.25) is 5.78 Å². The number of Topliss-reactive ketones (excluding diaryl/α,β-unsaturated/α-hetero) is 1. The van der Waals surface area contributed by atoms with E-state index in [2.05, 4.69) is 19.9 Å². The topological polar surface area (TPSA) is 83.8 Å². The number of allylic oxidation sites excluding steroid dienone is 1. The second-order valence-corrected chi connectivity index (χ2v) is 10.2. The average Bonchev–Trinajstić information content (AvgIpc) is 2.92.